The smallest absolute Gasteiger partial charge is 0.325 e. The molecule has 104 valence electrons. The van der Waals surface area contributed by atoms with Gasteiger partial charge >= 0.3 is 12.0 Å². The normalized spacial score (nSPS) is 17.8. The Bertz CT molecular complexity index is 472. The Kier molecular flexibility index (Phi) is 4.42. The van der Waals surface area contributed by atoms with Gasteiger partial charge in [0.1, 0.15) is 6.54 Å². The van der Waals surface area contributed by atoms with Gasteiger partial charge in [-0.25, -0.2) is 4.79 Å². The van der Waals surface area contributed by atoms with Crippen LogP contribution in [0.1, 0.15) is 30.3 Å². The molecule has 2 heterocycles. The fourth-order valence-electron chi connectivity index (χ4n) is 2.25. The highest BCUT2D eigenvalue weighted by Gasteiger charge is 2.28. The first-order valence-electron chi connectivity index (χ1n) is 6.39. The van der Waals surface area contributed by atoms with E-state index in [-0.39, 0.29) is 18.6 Å². The molecule has 0 bridgehead atoms. The lowest BCUT2D eigenvalue weighted by atomic mass is 10.0. The Hall–Kier alpha value is -1.56. The van der Waals surface area contributed by atoms with E-state index in [1.165, 1.54) is 10.4 Å². The van der Waals surface area contributed by atoms with Crippen molar-refractivity contribution in [3.8, 4) is 0 Å². The standard InChI is InChI=1S/C13H18N2O3S/c1-3-18-12(16)8-14-13(17)15-6-4-11-10(9(15)2)5-7-19-11/h5,7,9H,3-4,6,8H2,1-2H3,(H,14,17). The molecule has 1 aliphatic rings. The number of rotatable bonds is 3. The summed E-state index contributed by atoms with van der Waals surface area (Å²) in [5, 5.41) is 4.66. The van der Waals surface area contributed by atoms with E-state index in [0.29, 0.717) is 13.2 Å². The SMILES string of the molecule is CCOC(=O)CNC(=O)N1CCc2sccc2C1C. The Morgan fingerprint density at radius 2 is 2.37 bits per heavy atom. The van der Waals surface area contributed by atoms with Crippen LogP contribution in [0.25, 0.3) is 0 Å². The second kappa shape index (κ2) is 6.06. The first-order chi connectivity index (χ1) is 9.13. The summed E-state index contributed by atoms with van der Waals surface area (Å²) in [7, 11) is 0. The number of nitrogens with one attached hydrogen (secondary N) is 1. The third-order valence-electron chi connectivity index (χ3n) is 3.23. The second-order valence-corrected chi connectivity index (χ2v) is 5.38. The van der Waals surface area contributed by atoms with Crippen molar-refractivity contribution < 1.29 is 14.3 Å². The van der Waals surface area contributed by atoms with E-state index in [1.807, 2.05) is 6.92 Å². The zero-order valence-corrected chi connectivity index (χ0v) is 12.0. The van der Waals surface area contributed by atoms with Crippen molar-refractivity contribution in [3.05, 3.63) is 21.9 Å². The largest absolute Gasteiger partial charge is 0.465 e. The molecule has 0 saturated carbocycles. The van der Waals surface area contributed by atoms with Gasteiger partial charge in [-0.15, -0.1) is 11.3 Å². The maximum atomic E-state index is 12.1. The van der Waals surface area contributed by atoms with E-state index in [0.717, 1.165) is 6.42 Å². The van der Waals surface area contributed by atoms with Crippen molar-refractivity contribution in [2.24, 2.45) is 0 Å². The predicted octanol–water partition coefficient (Wildman–Crippen LogP) is 1.94. The molecule has 2 amide bonds. The molecule has 0 fully saturated rings. The van der Waals surface area contributed by atoms with Crippen molar-refractivity contribution in [1.29, 1.82) is 0 Å². The van der Waals surface area contributed by atoms with Gasteiger partial charge < -0.3 is 15.0 Å². The Labute approximate surface area is 116 Å². The summed E-state index contributed by atoms with van der Waals surface area (Å²) in [6.07, 6.45) is 0.879. The summed E-state index contributed by atoms with van der Waals surface area (Å²) in [5.41, 5.74) is 1.21. The predicted molar refractivity (Wildman–Crippen MR) is 73.2 cm³/mol. The number of fused-ring (bicyclic) bond motifs is 1. The van der Waals surface area contributed by atoms with Crippen LogP contribution in [0, 0.1) is 0 Å². The molecule has 1 aromatic rings. The summed E-state index contributed by atoms with van der Waals surface area (Å²) in [4.78, 5) is 26.4. The van der Waals surface area contributed by atoms with E-state index in [4.69, 9.17) is 4.74 Å². The van der Waals surface area contributed by atoms with E-state index < -0.39 is 5.97 Å². The van der Waals surface area contributed by atoms with Crippen LogP contribution < -0.4 is 5.32 Å². The fraction of sp³-hybridized carbons (Fsp3) is 0.538. The highest BCUT2D eigenvalue weighted by Crippen LogP contribution is 2.32. The maximum absolute atomic E-state index is 12.1. The van der Waals surface area contributed by atoms with Gasteiger partial charge in [-0.3, -0.25) is 4.79 Å². The lowest BCUT2D eigenvalue weighted by molar-refractivity contribution is -0.141. The van der Waals surface area contributed by atoms with Gasteiger partial charge in [-0.1, -0.05) is 0 Å². The summed E-state index contributed by atoms with van der Waals surface area (Å²) in [6.45, 7) is 4.68. The van der Waals surface area contributed by atoms with Crippen molar-refractivity contribution in [2.45, 2.75) is 26.3 Å². The molecular weight excluding hydrogens is 264 g/mol. The lowest BCUT2D eigenvalue weighted by Crippen LogP contribution is -2.46. The Morgan fingerprint density at radius 1 is 1.58 bits per heavy atom. The summed E-state index contributed by atoms with van der Waals surface area (Å²) >= 11 is 1.74. The molecule has 1 atom stereocenters. The molecule has 1 unspecified atom stereocenters. The maximum Gasteiger partial charge on any atom is 0.325 e. The van der Waals surface area contributed by atoms with Crippen LogP contribution in [0.15, 0.2) is 11.4 Å². The fourth-order valence-corrected chi connectivity index (χ4v) is 3.21. The van der Waals surface area contributed by atoms with E-state index >= 15 is 0 Å². The highest BCUT2D eigenvalue weighted by molar-refractivity contribution is 7.10. The van der Waals surface area contributed by atoms with Crippen LogP contribution in [0.5, 0.6) is 0 Å². The van der Waals surface area contributed by atoms with Crippen LogP contribution >= 0.6 is 11.3 Å². The number of nitrogens with zero attached hydrogens (tertiary/aromatic N) is 1. The zero-order valence-electron chi connectivity index (χ0n) is 11.1. The quantitative estimate of drug-likeness (QED) is 0.862. The molecule has 2 rings (SSSR count). The van der Waals surface area contributed by atoms with Crippen molar-refractivity contribution in [2.75, 3.05) is 19.7 Å². The average molecular weight is 282 g/mol. The van der Waals surface area contributed by atoms with Crippen LogP contribution in [0.2, 0.25) is 0 Å². The molecule has 0 spiro atoms. The summed E-state index contributed by atoms with van der Waals surface area (Å²) < 4.78 is 4.78. The number of hydrogen-bond acceptors (Lipinski definition) is 4. The third-order valence-corrected chi connectivity index (χ3v) is 4.22. The van der Waals surface area contributed by atoms with Gasteiger partial charge in [0, 0.05) is 11.4 Å². The number of esters is 1. The van der Waals surface area contributed by atoms with Gasteiger partial charge in [0.2, 0.25) is 0 Å². The van der Waals surface area contributed by atoms with Crippen LogP contribution in [-0.4, -0.2) is 36.6 Å². The lowest BCUT2D eigenvalue weighted by Gasteiger charge is -2.33. The van der Waals surface area contributed by atoms with Gasteiger partial charge in [0.25, 0.3) is 0 Å². The third kappa shape index (κ3) is 3.07. The van der Waals surface area contributed by atoms with Crippen molar-refractivity contribution in [3.63, 3.8) is 0 Å². The molecule has 1 aliphatic heterocycles. The number of hydrogen-bond donors (Lipinski definition) is 1. The minimum atomic E-state index is -0.406. The Balaban J connectivity index is 1.92. The molecule has 1 N–H and O–H groups in total. The van der Waals surface area contributed by atoms with Crippen LogP contribution in [0.4, 0.5) is 4.79 Å². The van der Waals surface area contributed by atoms with Gasteiger partial charge in [0.15, 0.2) is 0 Å². The number of ether oxygens (including phenoxy) is 1. The number of carbonyl (C=O) groups is 2. The molecule has 0 radical (unpaired) electrons. The molecular formula is C13H18N2O3S. The van der Waals surface area contributed by atoms with Crippen LogP contribution in [0.3, 0.4) is 0 Å². The minimum Gasteiger partial charge on any atom is -0.465 e. The van der Waals surface area contributed by atoms with Crippen LogP contribution in [-0.2, 0) is 16.0 Å². The monoisotopic (exact) mass is 282 g/mol. The van der Waals surface area contributed by atoms with Gasteiger partial charge in [0.05, 0.1) is 12.6 Å². The number of thiophene rings is 1. The topological polar surface area (TPSA) is 58.6 Å². The average Bonchev–Trinajstić information content (AvgIpc) is 2.86. The molecule has 0 aromatic carbocycles. The molecule has 1 aromatic heterocycles. The minimum absolute atomic E-state index is 0.0530. The second-order valence-electron chi connectivity index (χ2n) is 4.38. The van der Waals surface area contributed by atoms with Crippen molar-refractivity contribution >= 4 is 23.3 Å². The number of amides is 2. The summed E-state index contributed by atoms with van der Waals surface area (Å²) in [5.74, 6) is -0.406. The van der Waals surface area contributed by atoms with Crippen molar-refractivity contribution in [1.82, 2.24) is 10.2 Å². The van der Waals surface area contributed by atoms with E-state index in [9.17, 15) is 9.59 Å². The summed E-state index contributed by atoms with van der Waals surface area (Å²) in [6, 6.07) is 1.91. The first kappa shape index (κ1) is 13.9. The molecule has 5 nitrogen and oxygen atoms in total. The zero-order chi connectivity index (χ0) is 13.8. The van der Waals surface area contributed by atoms with Gasteiger partial charge in [-0.2, -0.15) is 0 Å². The van der Waals surface area contributed by atoms with E-state index in [2.05, 4.69) is 16.8 Å². The highest BCUT2D eigenvalue weighted by atomic mass is 32.1. The molecule has 0 aliphatic carbocycles. The van der Waals surface area contributed by atoms with Gasteiger partial charge in [-0.05, 0) is 37.3 Å². The molecule has 19 heavy (non-hydrogen) atoms. The molecule has 0 saturated heterocycles. The first-order valence-corrected chi connectivity index (χ1v) is 7.27. The van der Waals surface area contributed by atoms with E-state index in [1.54, 1.807) is 23.2 Å². The molecule has 6 heteroatoms. The number of urea groups is 1. The Morgan fingerprint density at radius 3 is 3.11 bits per heavy atom. The number of carbonyl (C=O) groups excluding carboxylic acids is 2.